The molecule has 0 fully saturated rings. The van der Waals surface area contributed by atoms with Gasteiger partial charge >= 0.3 is 5.97 Å². The number of carbonyl (C=O) groups excluding carboxylic acids is 1. The molecule has 152 valence electrons. The first-order valence-corrected chi connectivity index (χ1v) is 11.1. The van der Waals surface area contributed by atoms with E-state index in [1.165, 1.54) is 18.9 Å². The van der Waals surface area contributed by atoms with Crippen LogP contribution in [0.4, 0.5) is 11.4 Å². The zero-order valence-corrected chi connectivity index (χ0v) is 18.0. The molecule has 29 heavy (non-hydrogen) atoms. The number of nitrogens with one attached hydrogen (secondary N) is 1. The number of hydrogen-bond donors (Lipinski definition) is 1. The molecular formula is C23H27N3O2S. The molecule has 1 unspecified atom stereocenters. The van der Waals surface area contributed by atoms with E-state index in [4.69, 9.17) is 9.73 Å². The van der Waals surface area contributed by atoms with Gasteiger partial charge in [-0.1, -0.05) is 62.0 Å². The van der Waals surface area contributed by atoms with E-state index in [1.54, 1.807) is 0 Å². The van der Waals surface area contributed by atoms with Crippen LogP contribution in [0.3, 0.4) is 0 Å². The van der Waals surface area contributed by atoms with E-state index in [0.29, 0.717) is 0 Å². The molecule has 0 aliphatic carbocycles. The van der Waals surface area contributed by atoms with Crippen LogP contribution >= 0.6 is 11.8 Å². The van der Waals surface area contributed by atoms with Crippen LogP contribution in [-0.2, 0) is 15.1 Å². The van der Waals surface area contributed by atoms with E-state index in [0.717, 1.165) is 53.6 Å². The summed E-state index contributed by atoms with van der Waals surface area (Å²) >= 11 is 1.54. The van der Waals surface area contributed by atoms with Crippen LogP contribution in [0.5, 0.6) is 0 Å². The molecule has 2 aromatic rings. The van der Waals surface area contributed by atoms with E-state index >= 15 is 0 Å². The third-order valence-corrected chi connectivity index (χ3v) is 6.82. The number of nitrogens with zero attached hydrogens (tertiary/aromatic N) is 2. The van der Waals surface area contributed by atoms with Crippen molar-refractivity contribution in [1.82, 2.24) is 4.90 Å². The van der Waals surface area contributed by atoms with Gasteiger partial charge in [0.1, 0.15) is 10.8 Å². The molecule has 0 amide bonds. The highest BCUT2D eigenvalue weighted by atomic mass is 32.2. The van der Waals surface area contributed by atoms with Crippen LogP contribution in [0, 0.1) is 0 Å². The van der Waals surface area contributed by atoms with Crippen LogP contribution in [0.15, 0.2) is 53.5 Å². The third kappa shape index (κ3) is 3.19. The standard InChI is InChI=1S/C23H27N3O2S/c1-4-14-26(15-5-2)22-25-23(20(29-22)21(27)28-3)16-10-6-8-12-18(16)24-19-13-9-7-11-17(19)23/h6-13,20,24H,4-5,14-15H2,1-3H3. The van der Waals surface area contributed by atoms with Gasteiger partial charge in [-0.05, 0) is 25.0 Å². The lowest BCUT2D eigenvalue weighted by atomic mass is 9.76. The second-order valence-electron chi connectivity index (χ2n) is 7.39. The Hall–Kier alpha value is -2.47. The molecule has 1 atom stereocenters. The van der Waals surface area contributed by atoms with Gasteiger partial charge in [-0.2, -0.15) is 0 Å². The first-order chi connectivity index (χ1) is 14.2. The van der Waals surface area contributed by atoms with Gasteiger partial charge in [0, 0.05) is 35.6 Å². The minimum atomic E-state index is -0.800. The van der Waals surface area contributed by atoms with Gasteiger partial charge in [0.15, 0.2) is 5.17 Å². The van der Waals surface area contributed by atoms with Crippen LogP contribution in [0.1, 0.15) is 37.8 Å². The van der Waals surface area contributed by atoms with Crippen molar-refractivity contribution in [3.05, 3.63) is 59.7 Å². The molecule has 4 rings (SSSR count). The van der Waals surface area contributed by atoms with E-state index in [1.807, 2.05) is 24.3 Å². The molecule has 0 radical (unpaired) electrons. The van der Waals surface area contributed by atoms with Crippen LogP contribution in [-0.4, -0.2) is 41.5 Å². The van der Waals surface area contributed by atoms with Crippen molar-refractivity contribution in [1.29, 1.82) is 0 Å². The second-order valence-corrected chi connectivity index (χ2v) is 8.46. The summed E-state index contributed by atoms with van der Waals surface area (Å²) < 4.78 is 5.27. The van der Waals surface area contributed by atoms with Crippen molar-refractivity contribution in [2.24, 2.45) is 4.99 Å². The summed E-state index contributed by atoms with van der Waals surface area (Å²) in [7, 11) is 1.46. The predicted molar refractivity (Wildman–Crippen MR) is 120 cm³/mol. The van der Waals surface area contributed by atoms with E-state index < -0.39 is 10.8 Å². The van der Waals surface area contributed by atoms with E-state index in [9.17, 15) is 4.79 Å². The van der Waals surface area contributed by atoms with Crippen molar-refractivity contribution in [3.8, 4) is 0 Å². The lowest BCUT2D eigenvalue weighted by Gasteiger charge is -2.38. The minimum Gasteiger partial charge on any atom is -0.468 e. The number of carbonyl (C=O) groups is 1. The van der Waals surface area contributed by atoms with E-state index in [2.05, 4.69) is 48.3 Å². The van der Waals surface area contributed by atoms with Crippen molar-refractivity contribution < 1.29 is 9.53 Å². The number of anilines is 2. The monoisotopic (exact) mass is 409 g/mol. The number of esters is 1. The fourth-order valence-corrected chi connectivity index (χ4v) is 5.69. The Kier molecular flexibility index (Phi) is 5.54. The van der Waals surface area contributed by atoms with Gasteiger partial charge in [-0.15, -0.1) is 0 Å². The molecule has 1 spiro atoms. The summed E-state index contributed by atoms with van der Waals surface area (Å²) in [6.45, 7) is 6.19. The maximum Gasteiger partial charge on any atom is 0.322 e. The summed E-state index contributed by atoms with van der Waals surface area (Å²) in [6.07, 6.45) is 2.06. The summed E-state index contributed by atoms with van der Waals surface area (Å²) in [5.41, 5.74) is 3.21. The first-order valence-electron chi connectivity index (χ1n) is 10.2. The molecule has 0 aromatic heterocycles. The predicted octanol–water partition coefficient (Wildman–Crippen LogP) is 4.75. The first kappa shape index (κ1) is 19.8. The Bertz CT molecular complexity index is 892. The number of ether oxygens (including phenoxy) is 1. The minimum absolute atomic E-state index is 0.242. The maximum atomic E-state index is 13.0. The molecule has 0 saturated heterocycles. The average Bonchev–Trinajstić information content (AvgIpc) is 3.14. The van der Waals surface area contributed by atoms with Crippen LogP contribution in [0.25, 0.3) is 0 Å². The number of hydrogen-bond acceptors (Lipinski definition) is 6. The molecule has 0 bridgehead atoms. The zero-order chi connectivity index (χ0) is 20.4. The van der Waals surface area contributed by atoms with Crippen LogP contribution < -0.4 is 5.32 Å². The van der Waals surface area contributed by atoms with Crippen molar-refractivity contribution in [2.45, 2.75) is 37.5 Å². The van der Waals surface area contributed by atoms with Crippen molar-refractivity contribution in [2.75, 3.05) is 25.5 Å². The topological polar surface area (TPSA) is 53.9 Å². The van der Waals surface area contributed by atoms with Crippen molar-refractivity contribution in [3.63, 3.8) is 0 Å². The Morgan fingerprint density at radius 2 is 1.62 bits per heavy atom. The fraction of sp³-hybridized carbons (Fsp3) is 0.391. The number of amidine groups is 1. The number of rotatable bonds is 5. The average molecular weight is 410 g/mol. The molecule has 0 saturated carbocycles. The molecule has 2 aromatic carbocycles. The second kappa shape index (κ2) is 8.11. The van der Waals surface area contributed by atoms with Gasteiger partial charge < -0.3 is 15.0 Å². The summed E-state index contributed by atoms with van der Waals surface area (Å²) in [5.74, 6) is -0.242. The Morgan fingerprint density at radius 1 is 1.07 bits per heavy atom. The summed E-state index contributed by atoms with van der Waals surface area (Å²) in [4.78, 5) is 20.7. The maximum absolute atomic E-state index is 13.0. The number of methoxy groups -OCH3 is 1. The summed E-state index contributed by atoms with van der Waals surface area (Å²) in [6, 6.07) is 16.3. The molecule has 2 aliphatic heterocycles. The van der Waals surface area contributed by atoms with Crippen LogP contribution in [0.2, 0.25) is 0 Å². The molecule has 2 aliphatic rings. The lowest BCUT2D eigenvalue weighted by molar-refractivity contribution is -0.140. The van der Waals surface area contributed by atoms with Crippen molar-refractivity contribution >= 4 is 34.3 Å². The fourth-order valence-electron chi connectivity index (χ4n) is 4.28. The quantitative estimate of drug-likeness (QED) is 0.722. The zero-order valence-electron chi connectivity index (χ0n) is 17.1. The normalized spacial score (nSPS) is 18.4. The highest BCUT2D eigenvalue weighted by Gasteiger charge is 2.56. The number of aliphatic imine (C=N–C) groups is 1. The molecule has 6 heteroatoms. The molecule has 1 N–H and O–H groups in total. The number of para-hydroxylation sites is 2. The Labute approximate surface area is 176 Å². The Morgan fingerprint density at radius 3 is 2.14 bits per heavy atom. The third-order valence-electron chi connectivity index (χ3n) is 5.49. The largest absolute Gasteiger partial charge is 0.468 e. The number of benzene rings is 2. The van der Waals surface area contributed by atoms with Gasteiger partial charge in [-0.25, -0.2) is 4.99 Å². The summed E-state index contributed by atoms with van der Waals surface area (Å²) in [5, 5.41) is 3.98. The molecule has 2 heterocycles. The highest BCUT2D eigenvalue weighted by molar-refractivity contribution is 8.15. The van der Waals surface area contributed by atoms with Gasteiger partial charge in [0.25, 0.3) is 0 Å². The van der Waals surface area contributed by atoms with Gasteiger partial charge in [-0.3, -0.25) is 4.79 Å². The molecular weight excluding hydrogens is 382 g/mol. The van der Waals surface area contributed by atoms with Gasteiger partial charge in [0.2, 0.25) is 0 Å². The number of fused-ring (bicyclic) bond motifs is 4. The Balaban J connectivity index is 1.96. The highest BCUT2D eigenvalue weighted by Crippen LogP contribution is 2.55. The number of thioether (sulfide) groups is 1. The smallest absolute Gasteiger partial charge is 0.322 e. The van der Waals surface area contributed by atoms with E-state index in [-0.39, 0.29) is 5.97 Å². The van der Waals surface area contributed by atoms with Gasteiger partial charge in [0.05, 0.1) is 7.11 Å². The lowest BCUT2D eigenvalue weighted by Crippen LogP contribution is -2.42. The molecule has 5 nitrogen and oxygen atoms in total. The SMILES string of the molecule is CCCN(CCC)C1=NC2(c3ccccc3Nc3ccccc32)C(C(=O)OC)S1.